The van der Waals surface area contributed by atoms with Crippen LogP contribution in [-0.2, 0) is 0 Å². The lowest BCUT2D eigenvalue weighted by atomic mass is 10.1. The van der Waals surface area contributed by atoms with Crippen molar-refractivity contribution in [3.05, 3.63) is 35.3 Å². The Morgan fingerprint density at radius 2 is 2.14 bits per heavy atom. The van der Waals surface area contributed by atoms with Crippen molar-refractivity contribution in [2.45, 2.75) is 39.3 Å². The van der Waals surface area contributed by atoms with Gasteiger partial charge in [-0.25, -0.2) is 9.67 Å². The SMILES string of the molecule is CC1CC(CN)CN1C(=O)c1cc(-c2cccs2)nc2c1cnn2C(C)C.Cl.Cl. The molecule has 3 aromatic heterocycles. The number of nitrogens with two attached hydrogens (primary N) is 1. The van der Waals surface area contributed by atoms with Gasteiger partial charge in [-0.05, 0) is 57.2 Å². The molecule has 2 atom stereocenters. The highest BCUT2D eigenvalue weighted by atomic mass is 35.5. The van der Waals surface area contributed by atoms with E-state index in [1.54, 1.807) is 17.5 Å². The number of hydrogen-bond acceptors (Lipinski definition) is 5. The van der Waals surface area contributed by atoms with Crippen molar-refractivity contribution in [1.29, 1.82) is 0 Å². The van der Waals surface area contributed by atoms with Crippen LogP contribution in [0.4, 0.5) is 0 Å². The van der Waals surface area contributed by atoms with E-state index in [9.17, 15) is 4.79 Å². The second-order valence-electron chi connectivity index (χ2n) is 7.60. The number of thiophene rings is 1. The molecule has 1 aliphatic heterocycles. The van der Waals surface area contributed by atoms with E-state index in [0.29, 0.717) is 24.6 Å². The smallest absolute Gasteiger partial charge is 0.254 e. The van der Waals surface area contributed by atoms with Gasteiger partial charge in [-0.15, -0.1) is 36.2 Å². The minimum Gasteiger partial charge on any atom is -0.336 e. The van der Waals surface area contributed by atoms with Crippen molar-refractivity contribution in [3.8, 4) is 10.6 Å². The largest absolute Gasteiger partial charge is 0.336 e. The maximum Gasteiger partial charge on any atom is 0.254 e. The average Bonchev–Trinajstić information content (AvgIpc) is 3.38. The number of amides is 1. The van der Waals surface area contributed by atoms with Gasteiger partial charge in [-0.1, -0.05) is 6.07 Å². The van der Waals surface area contributed by atoms with Gasteiger partial charge in [0.25, 0.3) is 5.91 Å². The Balaban J connectivity index is 0.00000150. The summed E-state index contributed by atoms with van der Waals surface area (Å²) in [6, 6.07) is 6.32. The molecule has 0 radical (unpaired) electrons. The van der Waals surface area contributed by atoms with Crippen LogP contribution in [0.1, 0.15) is 43.6 Å². The molecular formula is C20H27Cl2N5OS. The Bertz CT molecular complexity index is 973. The fraction of sp³-hybridized carbons (Fsp3) is 0.450. The van der Waals surface area contributed by atoms with Crippen LogP contribution in [0.15, 0.2) is 29.8 Å². The van der Waals surface area contributed by atoms with Gasteiger partial charge in [0, 0.05) is 18.6 Å². The molecule has 2 unspecified atom stereocenters. The summed E-state index contributed by atoms with van der Waals surface area (Å²) < 4.78 is 1.89. The zero-order chi connectivity index (χ0) is 19.1. The van der Waals surface area contributed by atoms with E-state index >= 15 is 0 Å². The molecule has 158 valence electrons. The lowest BCUT2D eigenvalue weighted by Gasteiger charge is -2.22. The maximum atomic E-state index is 13.5. The molecule has 1 aliphatic rings. The molecule has 0 saturated carbocycles. The van der Waals surface area contributed by atoms with E-state index in [1.165, 1.54) is 0 Å². The van der Waals surface area contributed by atoms with E-state index in [4.69, 9.17) is 10.7 Å². The number of hydrogen-bond donors (Lipinski definition) is 1. The van der Waals surface area contributed by atoms with Crippen molar-refractivity contribution in [1.82, 2.24) is 19.7 Å². The normalized spacial score (nSPS) is 18.7. The predicted molar refractivity (Wildman–Crippen MR) is 123 cm³/mol. The van der Waals surface area contributed by atoms with Crippen LogP contribution < -0.4 is 5.73 Å². The monoisotopic (exact) mass is 455 g/mol. The van der Waals surface area contributed by atoms with Crippen molar-refractivity contribution in [2.24, 2.45) is 11.7 Å². The van der Waals surface area contributed by atoms with Gasteiger partial charge in [0.2, 0.25) is 0 Å². The molecule has 0 aromatic carbocycles. The third-order valence-electron chi connectivity index (χ3n) is 5.32. The Morgan fingerprint density at radius 1 is 1.38 bits per heavy atom. The lowest BCUT2D eigenvalue weighted by molar-refractivity contribution is 0.0745. The number of halogens is 2. The average molecular weight is 456 g/mol. The van der Waals surface area contributed by atoms with Gasteiger partial charge < -0.3 is 10.6 Å². The molecule has 1 amide bonds. The second-order valence-corrected chi connectivity index (χ2v) is 8.54. The Labute approximate surface area is 187 Å². The highest BCUT2D eigenvalue weighted by molar-refractivity contribution is 7.13. The Morgan fingerprint density at radius 3 is 2.72 bits per heavy atom. The molecule has 3 aromatic rings. The summed E-state index contributed by atoms with van der Waals surface area (Å²) in [5.41, 5.74) is 8.12. The molecular weight excluding hydrogens is 429 g/mol. The highest BCUT2D eigenvalue weighted by Gasteiger charge is 2.33. The zero-order valence-electron chi connectivity index (χ0n) is 16.7. The topological polar surface area (TPSA) is 77.0 Å². The summed E-state index contributed by atoms with van der Waals surface area (Å²) in [7, 11) is 0. The first kappa shape index (κ1) is 23.6. The summed E-state index contributed by atoms with van der Waals surface area (Å²) in [4.78, 5) is 21.3. The number of rotatable bonds is 4. The first-order chi connectivity index (χ1) is 13.0. The van der Waals surface area contributed by atoms with Crippen LogP contribution >= 0.6 is 36.2 Å². The van der Waals surface area contributed by atoms with Gasteiger partial charge in [-0.3, -0.25) is 4.79 Å². The van der Waals surface area contributed by atoms with E-state index in [0.717, 1.165) is 28.0 Å². The van der Waals surface area contributed by atoms with Gasteiger partial charge in [0.05, 0.1) is 27.7 Å². The molecule has 4 rings (SSSR count). The van der Waals surface area contributed by atoms with Crippen molar-refractivity contribution in [2.75, 3.05) is 13.1 Å². The molecule has 0 bridgehead atoms. The van der Waals surface area contributed by atoms with Crippen molar-refractivity contribution >= 4 is 53.1 Å². The quantitative estimate of drug-likeness (QED) is 0.632. The summed E-state index contributed by atoms with van der Waals surface area (Å²) in [5.74, 6) is 0.420. The highest BCUT2D eigenvalue weighted by Crippen LogP contribution is 2.31. The van der Waals surface area contributed by atoms with Crippen LogP contribution in [-0.4, -0.2) is 44.7 Å². The zero-order valence-corrected chi connectivity index (χ0v) is 19.2. The number of likely N-dealkylation sites (tertiary alicyclic amines) is 1. The van der Waals surface area contributed by atoms with Crippen LogP contribution in [0.5, 0.6) is 0 Å². The summed E-state index contributed by atoms with van der Waals surface area (Å²) >= 11 is 1.63. The van der Waals surface area contributed by atoms with Crippen LogP contribution in [0, 0.1) is 5.92 Å². The van der Waals surface area contributed by atoms with Gasteiger partial charge in [-0.2, -0.15) is 5.10 Å². The van der Waals surface area contributed by atoms with Gasteiger partial charge in [0.15, 0.2) is 5.65 Å². The molecule has 6 nitrogen and oxygen atoms in total. The summed E-state index contributed by atoms with van der Waals surface area (Å²) in [5, 5.41) is 7.35. The minimum atomic E-state index is 0. The van der Waals surface area contributed by atoms with Gasteiger partial charge in [0.1, 0.15) is 0 Å². The number of aromatic nitrogens is 3. The molecule has 0 spiro atoms. The summed E-state index contributed by atoms with van der Waals surface area (Å²) in [6.45, 7) is 7.58. The van der Waals surface area contributed by atoms with E-state index < -0.39 is 0 Å². The third-order valence-corrected chi connectivity index (χ3v) is 6.21. The Kier molecular flexibility index (Phi) is 7.67. The minimum absolute atomic E-state index is 0. The predicted octanol–water partition coefficient (Wildman–Crippen LogP) is 4.39. The van der Waals surface area contributed by atoms with E-state index in [2.05, 4.69) is 25.9 Å². The number of carbonyl (C=O) groups excluding carboxylic acids is 1. The first-order valence-corrected chi connectivity index (χ1v) is 10.3. The number of nitrogens with zero attached hydrogens (tertiary/aromatic N) is 4. The molecule has 0 aliphatic carbocycles. The second kappa shape index (κ2) is 9.43. The van der Waals surface area contributed by atoms with Crippen molar-refractivity contribution < 1.29 is 4.79 Å². The number of carbonyl (C=O) groups is 1. The van der Waals surface area contributed by atoms with E-state index in [-0.39, 0.29) is 42.8 Å². The molecule has 1 fully saturated rings. The molecule has 29 heavy (non-hydrogen) atoms. The first-order valence-electron chi connectivity index (χ1n) is 9.42. The number of pyridine rings is 1. The maximum absolute atomic E-state index is 13.5. The van der Waals surface area contributed by atoms with E-state index in [1.807, 2.05) is 33.2 Å². The standard InChI is InChI=1S/C20H25N5OS.2ClH/c1-12(2)25-19-16(10-22-25)15(8-17(23-19)18-5-4-6-27-18)20(26)24-11-14(9-21)7-13(24)3;;/h4-6,8,10,12-14H,7,9,11,21H2,1-3H3;2*1H. The molecule has 9 heteroatoms. The fourth-order valence-corrected chi connectivity index (χ4v) is 4.56. The Hall–Kier alpha value is -1.67. The molecule has 1 saturated heterocycles. The van der Waals surface area contributed by atoms with Crippen LogP contribution in [0.25, 0.3) is 21.6 Å². The summed E-state index contributed by atoms with van der Waals surface area (Å²) in [6.07, 6.45) is 2.73. The van der Waals surface area contributed by atoms with Gasteiger partial charge >= 0.3 is 0 Å². The van der Waals surface area contributed by atoms with Crippen molar-refractivity contribution in [3.63, 3.8) is 0 Å². The lowest BCUT2D eigenvalue weighted by Crippen LogP contribution is -2.34. The molecule has 4 heterocycles. The third kappa shape index (κ3) is 4.28. The number of fused-ring (bicyclic) bond motifs is 1. The van der Waals surface area contributed by atoms with Crippen LogP contribution in [0.3, 0.4) is 0 Å². The molecule has 2 N–H and O–H groups in total. The fourth-order valence-electron chi connectivity index (χ4n) is 3.87. The van der Waals surface area contributed by atoms with Crippen LogP contribution in [0.2, 0.25) is 0 Å².